The van der Waals surface area contributed by atoms with E-state index in [9.17, 15) is 5.11 Å². The molecule has 0 aliphatic carbocycles. The topological polar surface area (TPSA) is 56.9 Å². The van der Waals surface area contributed by atoms with E-state index in [0.29, 0.717) is 4.96 Å². The van der Waals surface area contributed by atoms with Crippen LogP contribution in [-0.4, -0.2) is 55.7 Å². The highest BCUT2D eigenvalue weighted by atomic mass is 32.1. The molecule has 1 aliphatic heterocycles. The molecule has 6 rings (SSSR count). The summed E-state index contributed by atoms with van der Waals surface area (Å²) in [5, 5.41) is 15.2. The minimum absolute atomic E-state index is 0.0428. The minimum atomic E-state index is -0.0428. The number of thiazole rings is 1. The number of benzene rings is 3. The van der Waals surface area contributed by atoms with Gasteiger partial charge in [0.05, 0.1) is 17.0 Å². The number of aromatic nitrogens is 3. The number of hydrogen-bond donors (Lipinski definition) is 1. The fourth-order valence-electron chi connectivity index (χ4n) is 5.17. The van der Waals surface area contributed by atoms with Gasteiger partial charge in [0.15, 0.2) is 0 Å². The molecule has 1 atom stereocenters. The van der Waals surface area contributed by atoms with Gasteiger partial charge in [0.1, 0.15) is 6.33 Å². The summed E-state index contributed by atoms with van der Waals surface area (Å²) >= 11 is 1.51. The second-order valence-electron chi connectivity index (χ2n) is 8.85. The quantitative estimate of drug-likeness (QED) is 0.370. The molecule has 1 saturated heterocycles. The first-order chi connectivity index (χ1) is 17.3. The van der Waals surface area contributed by atoms with Gasteiger partial charge in [0.2, 0.25) is 10.8 Å². The summed E-state index contributed by atoms with van der Waals surface area (Å²) in [6, 6.07) is 32.2. The molecular formula is C28H27N5OS. The predicted octanol–water partition coefficient (Wildman–Crippen LogP) is 4.99. The Morgan fingerprint density at radius 2 is 1.11 bits per heavy atom. The van der Waals surface area contributed by atoms with Crippen LogP contribution in [-0.2, 0) is 0 Å². The van der Waals surface area contributed by atoms with Crippen molar-refractivity contribution >= 4 is 16.3 Å². The summed E-state index contributed by atoms with van der Waals surface area (Å²) in [7, 11) is 0. The lowest BCUT2D eigenvalue weighted by Gasteiger charge is -2.42. The third-order valence-electron chi connectivity index (χ3n) is 6.81. The standard InChI is InChI=1S/C28H27N5OS/c34-27-26(35-28-29-20-30-33(27)28)25(23-14-8-3-9-15-23)32-18-16-31(17-19-32)24(21-10-4-1-5-11-21)22-12-6-2-7-13-22/h1-15,20,24-25,34H,16-19H2/t25-/m1/s1. The Balaban J connectivity index is 1.30. The monoisotopic (exact) mass is 481 g/mol. The van der Waals surface area contributed by atoms with Crippen molar-refractivity contribution in [2.75, 3.05) is 26.2 Å². The van der Waals surface area contributed by atoms with Crippen molar-refractivity contribution in [3.8, 4) is 5.88 Å². The Hall–Kier alpha value is -3.52. The molecule has 0 unspecified atom stereocenters. The average molecular weight is 482 g/mol. The van der Waals surface area contributed by atoms with Gasteiger partial charge in [-0.15, -0.1) is 0 Å². The van der Waals surface area contributed by atoms with Gasteiger partial charge in [0, 0.05) is 26.2 Å². The second-order valence-corrected chi connectivity index (χ2v) is 9.86. The lowest BCUT2D eigenvalue weighted by molar-refractivity contribution is 0.0899. The normalized spacial score (nSPS) is 16.1. The highest BCUT2D eigenvalue weighted by Gasteiger charge is 2.33. The van der Waals surface area contributed by atoms with E-state index in [-0.39, 0.29) is 18.0 Å². The smallest absolute Gasteiger partial charge is 0.230 e. The second kappa shape index (κ2) is 9.62. The van der Waals surface area contributed by atoms with Crippen LogP contribution in [0, 0.1) is 0 Å². The van der Waals surface area contributed by atoms with Crippen LogP contribution < -0.4 is 0 Å². The molecule has 0 bridgehead atoms. The predicted molar refractivity (Wildman–Crippen MR) is 139 cm³/mol. The van der Waals surface area contributed by atoms with E-state index in [4.69, 9.17) is 0 Å². The van der Waals surface area contributed by atoms with Crippen molar-refractivity contribution < 1.29 is 5.11 Å². The fourth-order valence-corrected chi connectivity index (χ4v) is 6.27. The van der Waals surface area contributed by atoms with Gasteiger partial charge in [-0.05, 0) is 16.7 Å². The summed E-state index contributed by atoms with van der Waals surface area (Å²) in [6.07, 6.45) is 1.49. The maximum atomic E-state index is 11.0. The first-order valence-electron chi connectivity index (χ1n) is 11.9. The molecule has 1 aliphatic rings. The number of fused-ring (bicyclic) bond motifs is 1. The number of piperazine rings is 1. The van der Waals surface area contributed by atoms with Gasteiger partial charge in [-0.25, -0.2) is 4.98 Å². The summed E-state index contributed by atoms with van der Waals surface area (Å²) in [5.74, 6) is 0.185. The first-order valence-corrected chi connectivity index (χ1v) is 12.8. The van der Waals surface area contributed by atoms with Gasteiger partial charge >= 0.3 is 0 Å². The Labute approximate surface area is 208 Å². The van der Waals surface area contributed by atoms with Crippen LogP contribution in [0.4, 0.5) is 0 Å². The van der Waals surface area contributed by atoms with Crippen molar-refractivity contribution in [3.05, 3.63) is 119 Å². The Kier molecular flexibility index (Phi) is 6.04. The van der Waals surface area contributed by atoms with Crippen molar-refractivity contribution in [1.82, 2.24) is 24.4 Å². The molecule has 0 spiro atoms. The van der Waals surface area contributed by atoms with Crippen molar-refractivity contribution in [1.29, 1.82) is 0 Å². The van der Waals surface area contributed by atoms with E-state index in [1.807, 2.05) is 6.07 Å². The molecule has 6 nitrogen and oxygen atoms in total. The van der Waals surface area contributed by atoms with E-state index < -0.39 is 0 Å². The largest absolute Gasteiger partial charge is 0.492 e. The molecule has 0 amide bonds. The van der Waals surface area contributed by atoms with Crippen LogP contribution >= 0.6 is 11.3 Å². The molecule has 7 heteroatoms. The average Bonchev–Trinajstić information content (AvgIpc) is 3.50. The number of rotatable bonds is 6. The number of nitrogens with zero attached hydrogens (tertiary/aromatic N) is 5. The van der Waals surface area contributed by atoms with Gasteiger partial charge in [-0.3, -0.25) is 9.80 Å². The molecule has 3 aromatic carbocycles. The van der Waals surface area contributed by atoms with Crippen LogP contribution in [0.3, 0.4) is 0 Å². The zero-order valence-electron chi connectivity index (χ0n) is 19.3. The Morgan fingerprint density at radius 3 is 1.60 bits per heavy atom. The molecule has 1 fully saturated rings. The molecule has 5 aromatic rings. The molecule has 3 heterocycles. The van der Waals surface area contributed by atoms with Gasteiger partial charge in [-0.2, -0.15) is 9.61 Å². The van der Waals surface area contributed by atoms with Crippen molar-refractivity contribution in [2.24, 2.45) is 0 Å². The Morgan fingerprint density at radius 1 is 0.657 bits per heavy atom. The van der Waals surface area contributed by atoms with Crippen LogP contribution in [0.15, 0.2) is 97.3 Å². The van der Waals surface area contributed by atoms with Crippen LogP contribution in [0.25, 0.3) is 4.96 Å². The van der Waals surface area contributed by atoms with Crippen LogP contribution in [0.5, 0.6) is 5.88 Å². The van der Waals surface area contributed by atoms with Gasteiger partial charge < -0.3 is 5.11 Å². The highest BCUT2D eigenvalue weighted by molar-refractivity contribution is 7.17. The molecule has 35 heavy (non-hydrogen) atoms. The fraction of sp³-hybridized carbons (Fsp3) is 0.214. The van der Waals surface area contributed by atoms with E-state index in [0.717, 1.165) is 31.1 Å². The summed E-state index contributed by atoms with van der Waals surface area (Å²) < 4.78 is 1.53. The summed E-state index contributed by atoms with van der Waals surface area (Å²) in [6.45, 7) is 3.64. The Bertz CT molecular complexity index is 1340. The molecule has 2 aromatic heterocycles. The molecule has 1 N–H and O–H groups in total. The van der Waals surface area contributed by atoms with Crippen molar-refractivity contribution in [3.63, 3.8) is 0 Å². The molecular weight excluding hydrogens is 454 g/mol. The zero-order valence-corrected chi connectivity index (χ0v) is 20.1. The first kappa shape index (κ1) is 22.0. The van der Waals surface area contributed by atoms with E-state index in [2.05, 4.69) is 105 Å². The van der Waals surface area contributed by atoms with E-state index in [1.54, 1.807) is 0 Å². The maximum absolute atomic E-state index is 11.0. The highest BCUT2D eigenvalue weighted by Crippen LogP contribution is 2.40. The van der Waals surface area contributed by atoms with E-state index >= 15 is 0 Å². The molecule has 176 valence electrons. The van der Waals surface area contributed by atoms with Gasteiger partial charge in [-0.1, -0.05) is 102 Å². The van der Waals surface area contributed by atoms with E-state index in [1.165, 1.54) is 38.9 Å². The van der Waals surface area contributed by atoms with Crippen LogP contribution in [0.1, 0.15) is 33.7 Å². The lowest BCUT2D eigenvalue weighted by atomic mass is 9.96. The zero-order chi connectivity index (χ0) is 23.6. The summed E-state index contributed by atoms with van der Waals surface area (Å²) in [5.41, 5.74) is 3.80. The van der Waals surface area contributed by atoms with Crippen molar-refractivity contribution in [2.45, 2.75) is 12.1 Å². The number of hydrogen-bond acceptors (Lipinski definition) is 6. The number of aromatic hydroxyl groups is 1. The molecule has 0 saturated carbocycles. The summed E-state index contributed by atoms with van der Waals surface area (Å²) in [4.78, 5) is 11.0. The molecule has 0 radical (unpaired) electrons. The lowest BCUT2D eigenvalue weighted by Crippen LogP contribution is -2.49. The van der Waals surface area contributed by atoms with Gasteiger partial charge in [0.25, 0.3) is 0 Å². The van der Waals surface area contributed by atoms with Crippen LogP contribution in [0.2, 0.25) is 0 Å². The SMILES string of the molecule is Oc1c([C@@H](c2ccccc2)N2CCN(C(c3ccccc3)c3ccccc3)CC2)sc2ncnn12. The minimum Gasteiger partial charge on any atom is -0.492 e. The third-order valence-corrected chi connectivity index (χ3v) is 7.90. The maximum Gasteiger partial charge on any atom is 0.230 e. The third kappa shape index (κ3) is 4.23.